The molecule has 2 aromatic heterocycles. The van der Waals surface area contributed by atoms with Crippen molar-refractivity contribution in [2.75, 3.05) is 23.0 Å². The van der Waals surface area contributed by atoms with E-state index in [9.17, 15) is 13.2 Å². The summed E-state index contributed by atoms with van der Waals surface area (Å²) in [5.74, 6) is 6.95. The van der Waals surface area contributed by atoms with Crippen molar-refractivity contribution in [1.29, 1.82) is 5.41 Å². The van der Waals surface area contributed by atoms with Gasteiger partial charge < -0.3 is 9.64 Å². The van der Waals surface area contributed by atoms with Gasteiger partial charge in [-0.15, -0.1) is 11.3 Å². The molecular weight excluding hydrogens is 467 g/mol. The number of nitrogens with two attached hydrogens (primary N) is 1. The molecule has 0 atom stereocenters. The number of thiazole rings is 1. The monoisotopic (exact) mass is 491 g/mol. The molecule has 0 aliphatic carbocycles. The highest BCUT2D eigenvalue weighted by molar-refractivity contribution is 7.11. The Morgan fingerprint density at radius 1 is 1.21 bits per heavy atom. The summed E-state index contributed by atoms with van der Waals surface area (Å²) in [5.41, 5.74) is 0.775. The van der Waals surface area contributed by atoms with Gasteiger partial charge in [-0.1, -0.05) is 0 Å². The molecule has 0 bridgehead atoms. The highest BCUT2D eigenvalue weighted by atomic mass is 32.1. The molecule has 0 spiro atoms. The highest BCUT2D eigenvalue weighted by Gasteiger charge is 2.32. The normalized spacial score (nSPS) is 14.8. The predicted molar refractivity (Wildman–Crippen MR) is 124 cm³/mol. The first-order valence-corrected chi connectivity index (χ1v) is 11.4. The van der Waals surface area contributed by atoms with Gasteiger partial charge in [0, 0.05) is 31.4 Å². The second kappa shape index (κ2) is 9.94. The topological polar surface area (TPSA) is 104 Å². The van der Waals surface area contributed by atoms with Crippen LogP contribution in [0.4, 0.5) is 24.8 Å². The van der Waals surface area contributed by atoms with Crippen molar-refractivity contribution >= 4 is 29.3 Å². The first kappa shape index (κ1) is 23.9. The van der Waals surface area contributed by atoms with Gasteiger partial charge in [-0.25, -0.2) is 20.8 Å². The molecule has 1 aliphatic heterocycles. The lowest BCUT2D eigenvalue weighted by Gasteiger charge is -2.31. The quantitative estimate of drug-likeness (QED) is 0.217. The number of hydrogen-bond acceptors (Lipinski definition) is 8. The van der Waals surface area contributed by atoms with Crippen LogP contribution in [0.1, 0.15) is 39.9 Å². The third-order valence-corrected chi connectivity index (χ3v) is 6.94. The number of piperidine rings is 1. The van der Waals surface area contributed by atoms with Crippen LogP contribution < -0.4 is 20.5 Å². The van der Waals surface area contributed by atoms with Gasteiger partial charge in [0.15, 0.2) is 0 Å². The number of hydrazine groups is 1. The Labute approximate surface area is 198 Å². The van der Waals surface area contributed by atoms with Crippen molar-refractivity contribution in [3.05, 3.63) is 57.8 Å². The molecule has 0 unspecified atom stereocenters. The number of halogens is 3. The van der Waals surface area contributed by atoms with E-state index in [1.165, 1.54) is 5.01 Å². The first-order chi connectivity index (χ1) is 16.2. The lowest BCUT2D eigenvalue weighted by Crippen LogP contribution is -2.34. The van der Waals surface area contributed by atoms with Crippen LogP contribution in [-0.2, 0) is 12.8 Å². The van der Waals surface area contributed by atoms with E-state index in [2.05, 4.69) is 9.97 Å². The van der Waals surface area contributed by atoms with Crippen molar-refractivity contribution in [2.45, 2.75) is 38.5 Å². The van der Waals surface area contributed by atoms with Crippen LogP contribution in [0.25, 0.3) is 0 Å². The van der Waals surface area contributed by atoms with Crippen molar-refractivity contribution in [3.8, 4) is 5.75 Å². The van der Waals surface area contributed by atoms with E-state index in [-0.39, 0.29) is 5.92 Å². The molecular formula is C22H24F3N7OS. The summed E-state index contributed by atoms with van der Waals surface area (Å²) < 4.78 is 44.1. The van der Waals surface area contributed by atoms with Gasteiger partial charge in [0.05, 0.1) is 26.8 Å². The standard InChI is InChI=1S/C22H24F3N7OS/c1-14-19(12-33-18-4-2-17(3-5-18)32(27)13-26)34-20(30-14)15-6-8-31(9-7-15)21-28-10-16(11-29-21)22(23,24)25/h2-5,10-11,13,15,26H,6-9,12,27H2,1H3. The van der Waals surface area contributed by atoms with Crippen molar-refractivity contribution in [1.82, 2.24) is 15.0 Å². The zero-order valence-corrected chi connectivity index (χ0v) is 19.2. The van der Waals surface area contributed by atoms with Gasteiger partial charge in [-0.05, 0) is 44.0 Å². The Morgan fingerprint density at radius 2 is 1.85 bits per heavy atom. The van der Waals surface area contributed by atoms with Crippen LogP contribution in [-0.4, -0.2) is 34.4 Å². The third-order valence-electron chi connectivity index (χ3n) is 5.65. The van der Waals surface area contributed by atoms with Crippen LogP contribution in [0, 0.1) is 12.3 Å². The lowest BCUT2D eigenvalue weighted by atomic mass is 9.98. The summed E-state index contributed by atoms with van der Waals surface area (Å²) >= 11 is 1.63. The summed E-state index contributed by atoms with van der Waals surface area (Å²) in [6.07, 6.45) is -0.106. The molecule has 1 saturated heterocycles. The molecule has 34 heavy (non-hydrogen) atoms. The number of alkyl halides is 3. The zero-order valence-electron chi connectivity index (χ0n) is 18.4. The summed E-state index contributed by atoms with van der Waals surface area (Å²) in [7, 11) is 0. The maximum absolute atomic E-state index is 12.7. The van der Waals surface area contributed by atoms with Gasteiger partial charge in [0.1, 0.15) is 18.7 Å². The zero-order chi connectivity index (χ0) is 24.3. The number of aryl methyl sites for hydroxylation is 1. The molecule has 0 amide bonds. The Kier molecular flexibility index (Phi) is 6.98. The second-order valence-electron chi connectivity index (χ2n) is 7.91. The van der Waals surface area contributed by atoms with E-state index < -0.39 is 11.7 Å². The third kappa shape index (κ3) is 5.45. The number of aromatic nitrogens is 3. The number of nitrogens with zero attached hydrogens (tertiary/aromatic N) is 5. The molecule has 0 radical (unpaired) electrons. The summed E-state index contributed by atoms with van der Waals surface area (Å²) in [6, 6.07) is 7.16. The predicted octanol–water partition coefficient (Wildman–Crippen LogP) is 4.51. The van der Waals surface area contributed by atoms with E-state index in [0.717, 1.165) is 47.2 Å². The fraction of sp³-hybridized carbons (Fsp3) is 0.364. The Hall–Kier alpha value is -3.25. The fourth-order valence-corrected chi connectivity index (χ4v) is 4.80. The number of nitrogens with one attached hydrogen (secondary N) is 1. The van der Waals surface area contributed by atoms with Gasteiger partial charge in [-0.3, -0.25) is 10.4 Å². The fourth-order valence-electron chi connectivity index (χ4n) is 3.65. The maximum Gasteiger partial charge on any atom is 0.419 e. The molecule has 4 rings (SSSR count). The number of hydrogen-bond donors (Lipinski definition) is 2. The molecule has 3 heterocycles. The second-order valence-corrected chi connectivity index (χ2v) is 9.03. The lowest BCUT2D eigenvalue weighted by molar-refractivity contribution is -0.138. The maximum atomic E-state index is 12.7. The molecule has 0 saturated carbocycles. The van der Waals surface area contributed by atoms with E-state index >= 15 is 0 Å². The van der Waals surface area contributed by atoms with Crippen LogP contribution in [0.5, 0.6) is 5.75 Å². The number of rotatable bonds is 7. The average molecular weight is 492 g/mol. The molecule has 1 aliphatic rings. The van der Waals surface area contributed by atoms with Crippen molar-refractivity contribution < 1.29 is 17.9 Å². The minimum Gasteiger partial charge on any atom is -0.488 e. The summed E-state index contributed by atoms with van der Waals surface area (Å²) in [4.78, 5) is 15.5. The van der Waals surface area contributed by atoms with E-state index in [4.69, 9.17) is 21.0 Å². The summed E-state index contributed by atoms with van der Waals surface area (Å²) in [6.45, 7) is 3.67. The largest absolute Gasteiger partial charge is 0.488 e. The smallest absolute Gasteiger partial charge is 0.419 e. The number of anilines is 2. The average Bonchev–Trinajstić information content (AvgIpc) is 3.22. The van der Waals surface area contributed by atoms with Crippen LogP contribution in [0.3, 0.4) is 0 Å². The van der Waals surface area contributed by atoms with E-state index in [1.807, 2.05) is 11.8 Å². The van der Waals surface area contributed by atoms with Crippen LogP contribution in [0.15, 0.2) is 36.7 Å². The van der Waals surface area contributed by atoms with Crippen LogP contribution in [0.2, 0.25) is 0 Å². The first-order valence-electron chi connectivity index (χ1n) is 10.6. The molecule has 1 aromatic carbocycles. The molecule has 12 heteroatoms. The number of benzene rings is 1. The summed E-state index contributed by atoms with van der Waals surface area (Å²) in [5, 5.41) is 9.43. The molecule has 3 aromatic rings. The van der Waals surface area contributed by atoms with Gasteiger partial charge in [0.2, 0.25) is 5.95 Å². The minimum absolute atomic E-state index is 0.277. The van der Waals surface area contributed by atoms with Crippen LogP contribution >= 0.6 is 11.3 Å². The Bertz CT molecular complexity index is 1110. The van der Waals surface area contributed by atoms with Gasteiger partial charge >= 0.3 is 6.18 Å². The highest BCUT2D eigenvalue weighted by Crippen LogP contribution is 2.34. The van der Waals surface area contributed by atoms with Gasteiger partial charge in [0.25, 0.3) is 0 Å². The van der Waals surface area contributed by atoms with Crippen molar-refractivity contribution in [3.63, 3.8) is 0 Å². The SMILES string of the molecule is Cc1nc(C2CCN(c3ncc(C(F)(F)F)cn3)CC2)sc1COc1ccc(N(N)C=N)cc1. The van der Waals surface area contributed by atoms with Gasteiger partial charge in [-0.2, -0.15) is 13.2 Å². The Balaban J connectivity index is 1.32. The van der Waals surface area contributed by atoms with E-state index in [0.29, 0.717) is 37.1 Å². The molecule has 8 nitrogen and oxygen atoms in total. The Morgan fingerprint density at radius 3 is 2.44 bits per heavy atom. The van der Waals surface area contributed by atoms with E-state index in [1.54, 1.807) is 35.6 Å². The molecule has 3 N–H and O–H groups in total. The molecule has 1 fully saturated rings. The molecule has 180 valence electrons. The number of ether oxygens (including phenoxy) is 1. The van der Waals surface area contributed by atoms with Crippen molar-refractivity contribution in [2.24, 2.45) is 5.84 Å². The minimum atomic E-state index is -4.44.